The maximum Gasteiger partial charge on any atom is 0.154 e. The minimum absolute atomic E-state index is 0.177. The van der Waals surface area contributed by atoms with Gasteiger partial charge in [-0.3, -0.25) is 9.98 Å². The first-order valence-corrected chi connectivity index (χ1v) is 26.1. The Labute approximate surface area is 441 Å². The fourth-order valence-electron chi connectivity index (χ4n) is 13.5. The fraction of sp³-hybridized carbons (Fsp3) is 0.0278. The Balaban J connectivity index is 1.02. The Bertz CT molecular complexity index is 4430. The smallest absolute Gasteiger partial charge is 0.154 e. The van der Waals surface area contributed by atoms with Crippen molar-refractivity contribution in [1.29, 1.82) is 5.41 Å². The summed E-state index contributed by atoms with van der Waals surface area (Å²) < 4.78 is 4.63. The summed E-state index contributed by atoms with van der Waals surface area (Å²) in [6.07, 6.45) is 4.31. The Morgan fingerprint density at radius 2 is 0.750 bits per heavy atom. The molecule has 0 unspecified atom stereocenters. The molecule has 0 saturated heterocycles. The van der Waals surface area contributed by atoms with Gasteiger partial charge in [0, 0.05) is 33.3 Å². The molecule has 0 radical (unpaired) electrons. The zero-order valence-electron chi connectivity index (χ0n) is 41.5. The van der Waals surface area contributed by atoms with Gasteiger partial charge in [-0.1, -0.05) is 249 Å². The Kier molecular flexibility index (Phi) is 9.82. The van der Waals surface area contributed by atoms with Crippen LogP contribution in [0.15, 0.2) is 284 Å². The lowest BCUT2D eigenvalue weighted by atomic mass is 9.67. The number of aliphatic imine (C=N–C) groups is 1. The molecule has 4 nitrogen and oxygen atoms in total. The molecule has 2 aliphatic rings. The molecule has 2 aromatic heterocycles. The van der Waals surface area contributed by atoms with Gasteiger partial charge in [-0.2, -0.15) is 0 Å². The Morgan fingerprint density at radius 3 is 1.26 bits per heavy atom. The van der Waals surface area contributed by atoms with E-state index >= 15 is 0 Å². The van der Waals surface area contributed by atoms with Gasteiger partial charge in [0.2, 0.25) is 0 Å². The van der Waals surface area contributed by atoms with Crippen molar-refractivity contribution in [1.82, 2.24) is 9.13 Å². The van der Waals surface area contributed by atoms with Gasteiger partial charge in [0.15, 0.2) is 5.84 Å². The van der Waals surface area contributed by atoms with Gasteiger partial charge in [0.05, 0.1) is 32.9 Å². The summed E-state index contributed by atoms with van der Waals surface area (Å²) in [4.78, 5) is 5.38. The lowest BCUT2D eigenvalue weighted by Crippen LogP contribution is -2.28. The van der Waals surface area contributed by atoms with Crippen LogP contribution < -0.4 is 0 Å². The monoisotopic (exact) mass is 968 g/mol. The number of amidine groups is 1. The average molecular weight is 969 g/mol. The highest BCUT2D eigenvalue weighted by atomic mass is 15.1. The van der Waals surface area contributed by atoms with Crippen molar-refractivity contribution in [3.63, 3.8) is 0 Å². The molecule has 2 heterocycles. The molecular formula is C72H48N4. The minimum Gasteiger partial charge on any atom is -0.316 e. The average Bonchev–Trinajstić information content (AvgIpc) is 4.31. The molecule has 0 saturated carbocycles. The number of rotatable bonds is 7. The number of fused-ring (bicyclic) bond motifs is 14. The maximum absolute atomic E-state index is 9.71. The third-order valence-corrected chi connectivity index (χ3v) is 16.4. The molecule has 1 N–H and O–H groups in total. The molecule has 0 aliphatic heterocycles. The lowest BCUT2D eigenvalue weighted by Gasteiger charge is -2.34. The quantitative estimate of drug-likeness (QED) is 0.122. The second-order valence-electron chi connectivity index (χ2n) is 20.1. The predicted molar refractivity (Wildman–Crippen MR) is 315 cm³/mol. The van der Waals surface area contributed by atoms with E-state index in [4.69, 9.17) is 4.99 Å². The topological polar surface area (TPSA) is 46.1 Å². The van der Waals surface area contributed by atoms with E-state index < -0.39 is 10.8 Å². The largest absolute Gasteiger partial charge is 0.316 e. The second kappa shape index (κ2) is 17.1. The van der Waals surface area contributed by atoms with E-state index in [1.54, 1.807) is 0 Å². The zero-order valence-corrected chi connectivity index (χ0v) is 41.5. The SMILES string of the molecule is N=C(N=C(/C=C/n1c2ccccc2c2c3c(ccc21)-c1ccccc1C3(c1ccccc1)c1ccccc1)n1c2ccccc2c2c3c(ccc21)-c1ccccc1C3(c1ccccc1)c1ccccc1)c1ccccc1. The van der Waals surface area contributed by atoms with Gasteiger partial charge < -0.3 is 4.57 Å². The van der Waals surface area contributed by atoms with Gasteiger partial charge in [-0.15, -0.1) is 0 Å². The van der Waals surface area contributed by atoms with Crippen molar-refractivity contribution < 1.29 is 0 Å². The molecular weight excluding hydrogens is 921 g/mol. The predicted octanol–water partition coefficient (Wildman–Crippen LogP) is 17.1. The summed E-state index contributed by atoms with van der Waals surface area (Å²) in [5.41, 5.74) is 18.6. The van der Waals surface area contributed by atoms with E-state index in [9.17, 15) is 5.41 Å². The molecule has 76 heavy (non-hydrogen) atoms. The van der Waals surface area contributed by atoms with Crippen LogP contribution >= 0.6 is 0 Å². The number of hydrogen-bond donors (Lipinski definition) is 1. The normalized spacial score (nSPS) is 14.1. The van der Waals surface area contributed by atoms with Gasteiger partial charge >= 0.3 is 0 Å². The highest BCUT2D eigenvalue weighted by Crippen LogP contribution is 2.61. The molecule has 11 aromatic carbocycles. The number of benzene rings is 11. The highest BCUT2D eigenvalue weighted by Gasteiger charge is 2.49. The number of nitrogens with one attached hydrogen (secondary N) is 1. The Hall–Kier alpha value is -9.90. The lowest BCUT2D eigenvalue weighted by molar-refractivity contribution is 0.776. The van der Waals surface area contributed by atoms with E-state index in [2.05, 4.69) is 264 Å². The van der Waals surface area contributed by atoms with Crippen molar-refractivity contribution in [3.05, 3.63) is 329 Å². The molecule has 4 heteroatoms. The summed E-state index contributed by atoms with van der Waals surface area (Å²) in [6, 6.07) is 98.8. The summed E-state index contributed by atoms with van der Waals surface area (Å²) in [5.74, 6) is 0.805. The maximum atomic E-state index is 9.71. The number of hydrogen-bond acceptors (Lipinski definition) is 1. The first-order valence-electron chi connectivity index (χ1n) is 26.1. The van der Waals surface area contributed by atoms with Crippen molar-refractivity contribution in [2.75, 3.05) is 0 Å². The fourth-order valence-corrected chi connectivity index (χ4v) is 13.5. The molecule has 0 spiro atoms. The molecule has 0 atom stereocenters. The molecule has 0 bridgehead atoms. The van der Waals surface area contributed by atoms with Crippen molar-refractivity contribution in [2.45, 2.75) is 10.8 Å². The van der Waals surface area contributed by atoms with Crippen LogP contribution in [-0.4, -0.2) is 20.8 Å². The summed E-state index contributed by atoms with van der Waals surface area (Å²) in [6.45, 7) is 0. The van der Waals surface area contributed by atoms with Gasteiger partial charge in [-0.05, 0) is 97.1 Å². The van der Waals surface area contributed by atoms with E-state index in [1.165, 1.54) is 77.5 Å². The summed E-state index contributed by atoms with van der Waals surface area (Å²) >= 11 is 0. The van der Waals surface area contributed by atoms with Crippen LogP contribution in [-0.2, 0) is 10.8 Å². The molecule has 0 amide bonds. The van der Waals surface area contributed by atoms with Crippen molar-refractivity contribution >= 4 is 61.5 Å². The number of para-hydroxylation sites is 2. The first kappa shape index (κ1) is 43.7. The van der Waals surface area contributed by atoms with E-state index in [0.29, 0.717) is 5.84 Å². The molecule has 2 aliphatic carbocycles. The highest BCUT2D eigenvalue weighted by molar-refractivity contribution is 6.23. The van der Waals surface area contributed by atoms with Crippen LogP contribution in [0.25, 0.3) is 72.1 Å². The number of aromatic nitrogens is 2. The van der Waals surface area contributed by atoms with Crippen LogP contribution in [0.1, 0.15) is 50.1 Å². The minimum atomic E-state index is -0.635. The van der Waals surface area contributed by atoms with Crippen LogP contribution in [0.4, 0.5) is 0 Å². The molecule has 356 valence electrons. The van der Waals surface area contributed by atoms with E-state index in [-0.39, 0.29) is 5.84 Å². The van der Waals surface area contributed by atoms with E-state index in [1.807, 2.05) is 30.3 Å². The van der Waals surface area contributed by atoms with Crippen LogP contribution in [0.5, 0.6) is 0 Å². The first-order chi connectivity index (χ1) is 37.7. The number of allylic oxidation sites excluding steroid dienone is 1. The van der Waals surface area contributed by atoms with Gasteiger partial charge in [0.1, 0.15) is 5.84 Å². The zero-order chi connectivity index (χ0) is 50.4. The van der Waals surface area contributed by atoms with Crippen LogP contribution in [0, 0.1) is 5.41 Å². The van der Waals surface area contributed by atoms with Crippen molar-refractivity contribution in [2.24, 2.45) is 4.99 Å². The third-order valence-electron chi connectivity index (χ3n) is 16.4. The van der Waals surface area contributed by atoms with Gasteiger partial charge in [0.25, 0.3) is 0 Å². The van der Waals surface area contributed by atoms with Crippen LogP contribution in [0.3, 0.4) is 0 Å². The number of nitrogens with zero attached hydrogens (tertiary/aromatic N) is 3. The molecule has 0 fully saturated rings. The van der Waals surface area contributed by atoms with Gasteiger partial charge in [-0.25, -0.2) is 4.99 Å². The standard InChI is InChI=1S/C72H48N4/c73-70(48-24-6-1-7-25-48)74-65(76-62-41-23-19-37-58(62)67-64(76)45-43-56-54-35-17-21-39-60(54)72(69(56)67,51-30-12-4-13-31-51)52-32-14-5-15-33-52)46-47-75-61-40-22-18-36-57(61)66-63(75)44-42-55-53-34-16-20-38-59(53)71(68(55)66,49-26-8-2-9-27-49)50-28-10-3-11-29-50/h1-47,73H/b47-46+,73-70?,74-65?. The summed E-state index contributed by atoms with van der Waals surface area (Å²) in [5, 5.41) is 14.4. The van der Waals surface area contributed by atoms with Crippen LogP contribution in [0.2, 0.25) is 0 Å². The molecule has 13 aromatic rings. The van der Waals surface area contributed by atoms with E-state index in [0.717, 1.165) is 38.4 Å². The summed E-state index contributed by atoms with van der Waals surface area (Å²) in [7, 11) is 0. The third kappa shape index (κ3) is 6.07. The van der Waals surface area contributed by atoms with Crippen molar-refractivity contribution in [3.8, 4) is 22.3 Å². The second-order valence-corrected chi connectivity index (χ2v) is 20.1. The molecule has 15 rings (SSSR count). The Morgan fingerprint density at radius 1 is 0.355 bits per heavy atom.